The maximum absolute atomic E-state index is 12.8. The van der Waals surface area contributed by atoms with Gasteiger partial charge in [-0.3, -0.25) is 15.0 Å². The van der Waals surface area contributed by atoms with Gasteiger partial charge in [0.1, 0.15) is 5.54 Å². The van der Waals surface area contributed by atoms with E-state index in [1.165, 1.54) is 29.5 Å². The van der Waals surface area contributed by atoms with Crippen LogP contribution in [0.25, 0.3) is 0 Å². The Morgan fingerprint density at radius 3 is 2.76 bits per heavy atom. The van der Waals surface area contributed by atoms with Crippen molar-refractivity contribution in [3.05, 3.63) is 34.9 Å². The summed E-state index contributed by atoms with van der Waals surface area (Å²) in [4.78, 5) is 27.3. The monoisotopic (exact) mass is 395 g/mol. The van der Waals surface area contributed by atoms with Crippen LogP contribution in [0.5, 0.6) is 0 Å². The third kappa shape index (κ3) is 2.30. The molecule has 4 fully saturated rings. The highest BCUT2D eigenvalue weighted by Gasteiger charge is 2.69. The first kappa shape index (κ1) is 17.9. The standard InChI is InChI=1S/C23H29N3O3/c1-14-2-5-16-11-18-23(29)7-6-22(19(27)24-20(28)25-22)13-21(23,17(16)10-14)8-9-26(18)12-15-3-4-15/h2,5,10,15,18,29H,3-4,6-9,11-13H2,1H3,(H2,24,25,27,28)/t18-,21-,22+,23-/m1/s1. The number of benzene rings is 1. The summed E-state index contributed by atoms with van der Waals surface area (Å²) in [7, 11) is 0. The summed E-state index contributed by atoms with van der Waals surface area (Å²) in [6.07, 6.45) is 5.83. The fraction of sp³-hybridized carbons (Fsp3) is 0.652. The molecule has 4 atom stereocenters. The van der Waals surface area contributed by atoms with E-state index >= 15 is 0 Å². The minimum absolute atomic E-state index is 0.0876. The number of rotatable bonds is 2. The predicted molar refractivity (Wildman–Crippen MR) is 107 cm³/mol. The van der Waals surface area contributed by atoms with Gasteiger partial charge in [0, 0.05) is 18.0 Å². The number of aliphatic hydroxyl groups is 1. The fourth-order valence-electron chi connectivity index (χ4n) is 6.94. The van der Waals surface area contributed by atoms with Crippen LogP contribution < -0.4 is 10.6 Å². The number of imide groups is 1. The Morgan fingerprint density at radius 1 is 1.21 bits per heavy atom. The zero-order valence-electron chi connectivity index (χ0n) is 17.0. The minimum atomic E-state index is -0.898. The third-order valence-corrected chi connectivity index (χ3v) is 8.58. The molecule has 0 unspecified atom stereocenters. The van der Waals surface area contributed by atoms with E-state index in [-0.39, 0.29) is 11.9 Å². The summed E-state index contributed by atoms with van der Waals surface area (Å²) in [5, 5.41) is 17.7. The first-order chi connectivity index (χ1) is 13.9. The maximum atomic E-state index is 12.8. The van der Waals surface area contributed by atoms with Gasteiger partial charge in [0.25, 0.3) is 5.91 Å². The highest BCUT2D eigenvalue weighted by Crippen LogP contribution is 2.60. The molecule has 6 heteroatoms. The van der Waals surface area contributed by atoms with Gasteiger partial charge in [-0.25, -0.2) is 4.79 Å². The van der Waals surface area contributed by atoms with Crippen molar-refractivity contribution in [2.45, 2.75) is 74.5 Å². The van der Waals surface area contributed by atoms with E-state index in [1.807, 2.05) is 0 Å². The number of urea groups is 1. The Bertz CT molecular complexity index is 928. The number of piperidine rings is 1. The molecule has 1 aromatic carbocycles. The van der Waals surface area contributed by atoms with Crippen LogP contribution in [-0.2, 0) is 16.6 Å². The van der Waals surface area contributed by atoms with Crippen LogP contribution in [0, 0.1) is 12.8 Å². The van der Waals surface area contributed by atoms with Crippen molar-refractivity contribution in [2.24, 2.45) is 5.92 Å². The quantitative estimate of drug-likeness (QED) is 0.667. The van der Waals surface area contributed by atoms with Gasteiger partial charge >= 0.3 is 6.03 Å². The molecular formula is C23H29N3O3. The summed E-state index contributed by atoms with van der Waals surface area (Å²) < 4.78 is 0. The van der Waals surface area contributed by atoms with Gasteiger partial charge in [0.2, 0.25) is 0 Å². The van der Waals surface area contributed by atoms with Gasteiger partial charge in [-0.2, -0.15) is 0 Å². The number of amides is 3. The highest BCUT2D eigenvalue weighted by atomic mass is 16.3. The van der Waals surface area contributed by atoms with E-state index in [0.717, 1.165) is 31.8 Å². The number of carbonyl (C=O) groups is 2. The van der Waals surface area contributed by atoms with Crippen molar-refractivity contribution in [1.82, 2.24) is 15.5 Å². The maximum Gasteiger partial charge on any atom is 0.322 e. The SMILES string of the molecule is Cc1ccc2c(c1)[C@]13CCN(CC4CC4)[C@H](C2)[C@]1(O)CC[C@@]1(C3)NC(=O)NC1=O. The van der Waals surface area contributed by atoms with Gasteiger partial charge in [0.15, 0.2) is 0 Å². The molecular weight excluding hydrogens is 366 g/mol. The highest BCUT2D eigenvalue weighted by molar-refractivity contribution is 6.07. The second kappa shape index (κ2) is 5.61. The summed E-state index contributed by atoms with van der Waals surface area (Å²) in [6, 6.07) is 6.28. The molecule has 5 aliphatic rings. The smallest absolute Gasteiger partial charge is 0.322 e. The molecule has 3 N–H and O–H groups in total. The van der Waals surface area contributed by atoms with Gasteiger partial charge in [-0.15, -0.1) is 0 Å². The molecule has 29 heavy (non-hydrogen) atoms. The van der Waals surface area contributed by atoms with Crippen LogP contribution in [0.2, 0.25) is 0 Å². The zero-order chi connectivity index (χ0) is 20.0. The van der Waals surface area contributed by atoms with Crippen LogP contribution in [-0.4, -0.2) is 52.2 Å². The van der Waals surface area contributed by atoms with E-state index in [2.05, 4.69) is 40.7 Å². The summed E-state index contributed by atoms with van der Waals surface area (Å²) in [5.74, 6) is 0.552. The minimum Gasteiger partial charge on any atom is -0.387 e. The number of aryl methyl sites for hydroxylation is 1. The van der Waals surface area contributed by atoms with Crippen LogP contribution in [0.3, 0.4) is 0 Å². The molecule has 6 rings (SSSR count). The van der Waals surface area contributed by atoms with Crippen LogP contribution in [0.1, 0.15) is 55.2 Å². The van der Waals surface area contributed by atoms with Crippen LogP contribution >= 0.6 is 0 Å². The number of hydrogen-bond donors (Lipinski definition) is 3. The molecule has 1 spiro atoms. The lowest BCUT2D eigenvalue weighted by Crippen LogP contribution is -2.76. The first-order valence-electron chi connectivity index (χ1n) is 11.1. The third-order valence-electron chi connectivity index (χ3n) is 8.58. The molecule has 2 bridgehead atoms. The van der Waals surface area contributed by atoms with Crippen molar-refractivity contribution in [1.29, 1.82) is 0 Å². The lowest BCUT2D eigenvalue weighted by Gasteiger charge is -2.66. The second-order valence-electron chi connectivity index (χ2n) is 10.2. The largest absolute Gasteiger partial charge is 0.387 e. The van der Waals surface area contributed by atoms with Gasteiger partial charge < -0.3 is 10.4 Å². The first-order valence-corrected chi connectivity index (χ1v) is 11.1. The zero-order valence-corrected chi connectivity index (χ0v) is 17.0. The number of nitrogens with zero attached hydrogens (tertiary/aromatic N) is 1. The molecule has 0 aromatic heterocycles. The number of likely N-dealkylation sites (tertiary alicyclic amines) is 1. The Hall–Kier alpha value is -1.92. The molecule has 154 valence electrons. The van der Waals surface area contributed by atoms with E-state index < -0.39 is 22.6 Å². The normalized spacial score (nSPS) is 41.0. The molecule has 2 aliphatic heterocycles. The van der Waals surface area contributed by atoms with Crippen molar-refractivity contribution >= 4 is 11.9 Å². The van der Waals surface area contributed by atoms with E-state index in [9.17, 15) is 14.7 Å². The molecule has 2 saturated carbocycles. The Kier molecular flexibility index (Phi) is 3.46. The topological polar surface area (TPSA) is 81.7 Å². The Labute approximate surface area is 171 Å². The molecule has 2 saturated heterocycles. The van der Waals surface area contributed by atoms with Gasteiger partial charge in [-0.1, -0.05) is 23.8 Å². The average Bonchev–Trinajstić information content (AvgIpc) is 3.44. The van der Waals surface area contributed by atoms with Crippen molar-refractivity contribution in [3.63, 3.8) is 0 Å². The number of hydrogen-bond acceptors (Lipinski definition) is 4. The molecule has 3 aliphatic carbocycles. The lowest BCUT2D eigenvalue weighted by atomic mass is 9.46. The summed E-state index contributed by atoms with van der Waals surface area (Å²) in [5.41, 5.74) is 1.43. The van der Waals surface area contributed by atoms with Gasteiger partial charge in [0.05, 0.1) is 5.60 Å². The van der Waals surface area contributed by atoms with Crippen molar-refractivity contribution in [3.8, 4) is 0 Å². The Balaban J connectivity index is 1.50. The Morgan fingerprint density at radius 2 is 2.03 bits per heavy atom. The molecule has 0 radical (unpaired) electrons. The summed E-state index contributed by atoms with van der Waals surface area (Å²) >= 11 is 0. The van der Waals surface area contributed by atoms with E-state index in [1.54, 1.807) is 0 Å². The number of carbonyl (C=O) groups excluding carboxylic acids is 2. The molecule has 1 aromatic rings. The fourth-order valence-corrected chi connectivity index (χ4v) is 6.94. The van der Waals surface area contributed by atoms with Crippen LogP contribution in [0.4, 0.5) is 4.79 Å². The molecule has 2 heterocycles. The molecule has 3 amide bonds. The van der Waals surface area contributed by atoms with Crippen LogP contribution in [0.15, 0.2) is 18.2 Å². The second-order valence-corrected chi connectivity index (χ2v) is 10.2. The van der Waals surface area contributed by atoms with Gasteiger partial charge in [-0.05, 0) is 75.5 Å². The average molecular weight is 396 g/mol. The van der Waals surface area contributed by atoms with E-state index in [0.29, 0.717) is 19.3 Å². The summed E-state index contributed by atoms with van der Waals surface area (Å²) in [6.45, 7) is 4.11. The lowest BCUT2D eigenvalue weighted by molar-refractivity contribution is -0.180. The number of fused-ring (bicyclic) bond motifs is 1. The predicted octanol–water partition coefficient (Wildman–Crippen LogP) is 1.77. The van der Waals surface area contributed by atoms with Crippen molar-refractivity contribution in [2.75, 3.05) is 13.1 Å². The van der Waals surface area contributed by atoms with E-state index in [4.69, 9.17) is 0 Å². The number of nitrogens with one attached hydrogen (secondary N) is 2. The van der Waals surface area contributed by atoms with Crippen molar-refractivity contribution < 1.29 is 14.7 Å². The molecule has 6 nitrogen and oxygen atoms in total.